The third-order valence-corrected chi connectivity index (χ3v) is 4.22. The fourth-order valence-electron chi connectivity index (χ4n) is 2.72. The van der Waals surface area contributed by atoms with Crippen LogP contribution in [0.4, 0.5) is 5.95 Å². The van der Waals surface area contributed by atoms with Crippen LogP contribution in [0.15, 0.2) is 9.59 Å². The predicted molar refractivity (Wildman–Crippen MR) is 83.7 cm³/mol. The molecule has 0 spiro atoms. The monoisotopic (exact) mass is 293 g/mol. The first kappa shape index (κ1) is 15.3. The van der Waals surface area contributed by atoms with Crippen LogP contribution in [0.3, 0.4) is 0 Å². The average molecular weight is 293 g/mol. The lowest BCUT2D eigenvalue weighted by atomic mass is 9.96. The molecule has 2 rings (SSSR count). The Morgan fingerprint density at radius 2 is 1.81 bits per heavy atom. The lowest BCUT2D eigenvalue weighted by molar-refractivity contribution is 0.436. The Morgan fingerprint density at radius 1 is 1.19 bits per heavy atom. The Bertz CT molecular complexity index is 751. The van der Waals surface area contributed by atoms with E-state index in [1.165, 1.54) is 11.6 Å². The number of rotatable bonds is 5. The maximum Gasteiger partial charge on any atom is 0.332 e. The summed E-state index contributed by atoms with van der Waals surface area (Å²) in [7, 11) is 3.07. The first-order valence-corrected chi connectivity index (χ1v) is 7.32. The number of nitrogens with one attached hydrogen (secondary N) is 2. The Balaban J connectivity index is 2.45. The molecule has 7 nitrogen and oxygen atoms in total. The topological polar surface area (TPSA) is 84.7 Å². The van der Waals surface area contributed by atoms with Gasteiger partial charge in [-0.1, -0.05) is 26.7 Å². The molecule has 0 aliphatic rings. The van der Waals surface area contributed by atoms with Crippen molar-refractivity contribution in [1.29, 1.82) is 0 Å². The van der Waals surface area contributed by atoms with Crippen LogP contribution >= 0.6 is 0 Å². The number of nitrogens with zero attached hydrogens (tertiary/aromatic N) is 3. The summed E-state index contributed by atoms with van der Waals surface area (Å²) >= 11 is 0. The second-order valence-corrected chi connectivity index (χ2v) is 5.50. The molecule has 0 fully saturated rings. The van der Waals surface area contributed by atoms with Gasteiger partial charge in [0.05, 0.1) is 0 Å². The number of H-pyrrole nitrogens is 1. The van der Waals surface area contributed by atoms with Crippen molar-refractivity contribution in [3.05, 3.63) is 20.8 Å². The van der Waals surface area contributed by atoms with Crippen molar-refractivity contribution < 1.29 is 0 Å². The van der Waals surface area contributed by atoms with Crippen LogP contribution in [-0.4, -0.2) is 25.1 Å². The summed E-state index contributed by atoms with van der Waals surface area (Å²) in [6.45, 7) is 6.41. The molecule has 2 heterocycles. The molecule has 1 atom stereocenters. The van der Waals surface area contributed by atoms with E-state index in [1.807, 2.05) is 0 Å². The van der Waals surface area contributed by atoms with Gasteiger partial charge in [0.1, 0.15) is 0 Å². The highest BCUT2D eigenvalue weighted by Gasteiger charge is 2.17. The molecule has 0 aliphatic carbocycles. The molecule has 0 aromatic carbocycles. The number of imidazole rings is 1. The van der Waals surface area contributed by atoms with E-state index >= 15 is 0 Å². The first-order chi connectivity index (χ1) is 9.90. The van der Waals surface area contributed by atoms with E-state index in [1.54, 1.807) is 7.05 Å². The second-order valence-electron chi connectivity index (χ2n) is 5.50. The van der Waals surface area contributed by atoms with Gasteiger partial charge in [-0.05, 0) is 12.8 Å². The molecule has 0 amide bonds. The Hall–Kier alpha value is -2.05. The summed E-state index contributed by atoms with van der Waals surface area (Å²) in [5, 5.41) is 3.30. The van der Waals surface area contributed by atoms with E-state index < -0.39 is 0 Å². The SMILES string of the molecule is CCC(CC)C(C)Nc1nc2c([nH]1)c(=O)n(C)c(=O)n2C. The van der Waals surface area contributed by atoms with Gasteiger partial charge in [0, 0.05) is 20.1 Å². The van der Waals surface area contributed by atoms with Crippen molar-refractivity contribution in [2.75, 3.05) is 5.32 Å². The van der Waals surface area contributed by atoms with Gasteiger partial charge in [-0.25, -0.2) is 4.79 Å². The van der Waals surface area contributed by atoms with Crippen molar-refractivity contribution in [2.45, 2.75) is 39.7 Å². The molecule has 1 unspecified atom stereocenters. The normalized spacial score (nSPS) is 13.0. The van der Waals surface area contributed by atoms with Crippen molar-refractivity contribution in [3.63, 3.8) is 0 Å². The number of fused-ring (bicyclic) bond motifs is 1. The maximum absolute atomic E-state index is 12.1. The molecular formula is C14H23N5O2. The summed E-state index contributed by atoms with van der Waals surface area (Å²) in [5.41, 5.74) is -0.0105. The first-order valence-electron chi connectivity index (χ1n) is 7.32. The molecule has 21 heavy (non-hydrogen) atoms. The lowest BCUT2D eigenvalue weighted by Crippen LogP contribution is -2.36. The molecule has 0 saturated heterocycles. The highest BCUT2D eigenvalue weighted by Crippen LogP contribution is 2.17. The van der Waals surface area contributed by atoms with E-state index in [2.05, 4.69) is 36.1 Å². The fourth-order valence-corrected chi connectivity index (χ4v) is 2.72. The molecule has 116 valence electrons. The summed E-state index contributed by atoms with van der Waals surface area (Å²) in [5.74, 6) is 1.06. The van der Waals surface area contributed by atoms with Crippen LogP contribution in [-0.2, 0) is 14.1 Å². The van der Waals surface area contributed by atoms with Crippen LogP contribution in [0, 0.1) is 5.92 Å². The highest BCUT2D eigenvalue weighted by molar-refractivity contribution is 5.72. The number of hydrogen-bond donors (Lipinski definition) is 2. The standard InChI is InChI=1S/C14H23N5O2/c1-6-9(7-2)8(3)15-13-16-10-11(17-13)18(4)14(21)19(5)12(10)20/h8-9H,6-7H2,1-5H3,(H2,15,16,17). The minimum atomic E-state index is -0.376. The summed E-state index contributed by atoms with van der Waals surface area (Å²) in [6, 6.07) is 0.237. The summed E-state index contributed by atoms with van der Waals surface area (Å²) in [6.07, 6.45) is 2.15. The molecule has 0 radical (unpaired) electrons. The van der Waals surface area contributed by atoms with Gasteiger partial charge in [-0.3, -0.25) is 13.9 Å². The number of aryl methyl sites for hydroxylation is 1. The molecule has 2 aromatic heterocycles. The van der Waals surface area contributed by atoms with Crippen LogP contribution in [0.25, 0.3) is 11.2 Å². The maximum atomic E-state index is 12.1. The lowest BCUT2D eigenvalue weighted by Gasteiger charge is -2.21. The number of anilines is 1. The van der Waals surface area contributed by atoms with Crippen LogP contribution in [0.5, 0.6) is 0 Å². The summed E-state index contributed by atoms with van der Waals surface area (Å²) < 4.78 is 2.45. The Morgan fingerprint density at radius 3 is 2.38 bits per heavy atom. The van der Waals surface area contributed by atoms with E-state index in [0.29, 0.717) is 23.0 Å². The zero-order chi connectivity index (χ0) is 15.7. The number of hydrogen-bond acceptors (Lipinski definition) is 4. The quantitative estimate of drug-likeness (QED) is 0.867. The van der Waals surface area contributed by atoms with Crippen molar-refractivity contribution in [1.82, 2.24) is 19.1 Å². The van der Waals surface area contributed by atoms with Crippen molar-refractivity contribution in [3.8, 4) is 0 Å². The van der Waals surface area contributed by atoms with Gasteiger partial charge >= 0.3 is 5.69 Å². The van der Waals surface area contributed by atoms with Crippen LogP contribution in [0.1, 0.15) is 33.6 Å². The van der Waals surface area contributed by atoms with Crippen molar-refractivity contribution >= 4 is 17.1 Å². The zero-order valence-electron chi connectivity index (χ0n) is 13.2. The molecule has 7 heteroatoms. The molecular weight excluding hydrogens is 270 g/mol. The Kier molecular flexibility index (Phi) is 4.20. The molecule has 2 aromatic rings. The smallest absolute Gasteiger partial charge is 0.332 e. The zero-order valence-corrected chi connectivity index (χ0v) is 13.2. The van der Waals surface area contributed by atoms with E-state index in [9.17, 15) is 9.59 Å². The van der Waals surface area contributed by atoms with Crippen LogP contribution in [0.2, 0.25) is 0 Å². The fraction of sp³-hybridized carbons (Fsp3) is 0.643. The van der Waals surface area contributed by atoms with Crippen LogP contribution < -0.4 is 16.6 Å². The van der Waals surface area contributed by atoms with Gasteiger partial charge in [-0.15, -0.1) is 0 Å². The molecule has 2 N–H and O–H groups in total. The number of aromatic nitrogens is 4. The Labute approximate surface area is 123 Å². The third kappa shape index (κ3) is 2.59. The minimum absolute atomic E-state index is 0.237. The largest absolute Gasteiger partial charge is 0.353 e. The van der Waals surface area contributed by atoms with Gasteiger partial charge in [0.25, 0.3) is 5.56 Å². The van der Waals surface area contributed by atoms with Gasteiger partial charge < -0.3 is 10.3 Å². The van der Waals surface area contributed by atoms with Gasteiger partial charge in [0.15, 0.2) is 11.2 Å². The van der Waals surface area contributed by atoms with Crippen molar-refractivity contribution in [2.24, 2.45) is 20.0 Å². The van der Waals surface area contributed by atoms with E-state index in [0.717, 1.165) is 17.4 Å². The highest BCUT2D eigenvalue weighted by atomic mass is 16.2. The van der Waals surface area contributed by atoms with E-state index in [4.69, 9.17) is 0 Å². The molecule has 0 aliphatic heterocycles. The predicted octanol–water partition coefficient (Wildman–Crippen LogP) is 1.20. The van der Waals surface area contributed by atoms with Gasteiger partial charge in [0.2, 0.25) is 5.95 Å². The number of aromatic amines is 1. The molecule has 0 saturated carbocycles. The third-order valence-electron chi connectivity index (χ3n) is 4.22. The molecule has 0 bridgehead atoms. The average Bonchev–Trinajstić information content (AvgIpc) is 2.88. The second kappa shape index (κ2) is 5.75. The minimum Gasteiger partial charge on any atom is -0.353 e. The summed E-state index contributed by atoms with van der Waals surface area (Å²) in [4.78, 5) is 31.3. The van der Waals surface area contributed by atoms with Gasteiger partial charge in [-0.2, -0.15) is 4.98 Å². The van der Waals surface area contributed by atoms with E-state index in [-0.39, 0.29) is 17.3 Å².